The molecule has 0 aromatic rings. The van der Waals surface area contributed by atoms with Crippen molar-refractivity contribution in [1.82, 2.24) is 15.5 Å². The van der Waals surface area contributed by atoms with Crippen LogP contribution < -0.4 is 10.6 Å². The average molecular weight is 223 g/mol. The Balaban J connectivity index is 1.53. The fourth-order valence-electron chi connectivity index (χ4n) is 3.31. The summed E-state index contributed by atoms with van der Waals surface area (Å²) in [5.41, 5.74) is 0. The Morgan fingerprint density at radius 2 is 2.06 bits per heavy atom. The van der Waals surface area contributed by atoms with E-state index in [1.807, 2.05) is 4.90 Å². The number of hydrogen-bond donors (Lipinski definition) is 2. The molecule has 1 saturated carbocycles. The van der Waals surface area contributed by atoms with Crippen molar-refractivity contribution in [2.24, 2.45) is 0 Å². The smallest absolute Gasteiger partial charge is 0.317 e. The van der Waals surface area contributed by atoms with Crippen molar-refractivity contribution in [2.75, 3.05) is 13.1 Å². The molecule has 3 rings (SSSR count). The van der Waals surface area contributed by atoms with E-state index in [-0.39, 0.29) is 6.03 Å². The zero-order valence-corrected chi connectivity index (χ0v) is 9.74. The number of carbonyl (C=O) groups is 1. The van der Waals surface area contributed by atoms with Gasteiger partial charge >= 0.3 is 6.03 Å². The summed E-state index contributed by atoms with van der Waals surface area (Å²) in [4.78, 5) is 14.1. The van der Waals surface area contributed by atoms with Gasteiger partial charge in [0.1, 0.15) is 0 Å². The molecule has 2 unspecified atom stereocenters. The third kappa shape index (κ3) is 1.90. The van der Waals surface area contributed by atoms with Crippen molar-refractivity contribution in [1.29, 1.82) is 0 Å². The molecule has 3 fully saturated rings. The summed E-state index contributed by atoms with van der Waals surface area (Å²) in [6.45, 7) is 1.89. The molecule has 2 amide bonds. The maximum atomic E-state index is 12.1. The molecule has 16 heavy (non-hydrogen) atoms. The van der Waals surface area contributed by atoms with Gasteiger partial charge < -0.3 is 15.5 Å². The maximum absolute atomic E-state index is 12.1. The molecule has 2 heterocycles. The summed E-state index contributed by atoms with van der Waals surface area (Å²) in [7, 11) is 0. The normalized spacial score (nSPS) is 34.4. The standard InChI is InChI=1S/C12H21N3O/c16-12(14-9-4-2-1-3-5-9)15-8-10-6-11(15)7-13-10/h9-11,13H,1-8H2,(H,14,16). The van der Waals surface area contributed by atoms with Crippen LogP contribution in [0.25, 0.3) is 0 Å². The second-order valence-corrected chi connectivity index (χ2v) is 5.43. The first-order valence-corrected chi connectivity index (χ1v) is 6.63. The van der Waals surface area contributed by atoms with Crippen molar-refractivity contribution in [3.05, 3.63) is 0 Å². The Morgan fingerprint density at radius 1 is 1.25 bits per heavy atom. The van der Waals surface area contributed by atoms with Crippen LogP contribution in [0.3, 0.4) is 0 Å². The van der Waals surface area contributed by atoms with Crippen LogP contribution in [0.2, 0.25) is 0 Å². The molecule has 4 nitrogen and oxygen atoms in total. The monoisotopic (exact) mass is 223 g/mol. The molecular weight excluding hydrogens is 202 g/mol. The zero-order valence-electron chi connectivity index (χ0n) is 9.74. The summed E-state index contributed by atoms with van der Waals surface area (Å²) in [6, 6.07) is 1.63. The fourth-order valence-corrected chi connectivity index (χ4v) is 3.31. The van der Waals surface area contributed by atoms with E-state index in [0.717, 1.165) is 19.5 Å². The summed E-state index contributed by atoms with van der Waals surface area (Å²) in [5.74, 6) is 0. The highest BCUT2D eigenvalue weighted by Crippen LogP contribution is 2.24. The second-order valence-electron chi connectivity index (χ2n) is 5.43. The Morgan fingerprint density at radius 3 is 2.69 bits per heavy atom. The van der Waals surface area contributed by atoms with E-state index >= 15 is 0 Å². The van der Waals surface area contributed by atoms with Crippen molar-refractivity contribution in [3.63, 3.8) is 0 Å². The van der Waals surface area contributed by atoms with Gasteiger partial charge in [0.05, 0.1) is 0 Å². The van der Waals surface area contributed by atoms with Gasteiger partial charge in [-0.3, -0.25) is 0 Å². The number of carbonyl (C=O) groups excluding carboxylic acids is 1. The van der Waals surface area contributed by atoms with Gasteiger partial charge in [0.2, 0.25) is 0 Å². The van der Waals surface area contributed by atoms with Crippen molar-refractivity contribution in [3.8, 4) is 0 Å². The summed E-state index contributed by atoms with van der Waals surface area (Å²) >= 11 is 0. The molecule has 2 bridgehead atoms. The number of nitrogens with zero attached hydrogens (tertiary/aromatic N) is 1. The minimum Gasteiger partial charge on any atom is -0.335 e. The van der Waals surface area contributed by atoms with Crippen molar-refractivity contribution in [2.45, 2.75) is 56.7 Å². The van der Waals surface area contributed by atoms with E-state index in [1.165, 1.54) is 32.1 Å². The lowest BCUT2D eigenvalue weighted by Crippen LogP contribution is -2.52. The lowest BCUT2D eigenvalue weighted by molar-refractivity contribution is 0.178. The molecule has 2 saturated heterocycles. The number of rotatable bonds is 1. The lowest BCUT2D eigenvalue weighted by Gasteiger charge is -2.31. The van der Waals surface area contributed by atoms with Crippen LogP contribution in [0.1, 0.15) is 38.5 Å². The van der Waals surface area contributed by atoms with Gasteiger partial charge in [0, 0.05) is 31.2 Å². The topological polar surface area (TPSA) is 44.4 Å². The number of urea groups is 1. The molecular formula is C12H21N3O. The summed E-state index contributed by atoms with van der Waals surface area (Å²) in [5, 5.41) is 6.63. The molecule has 2 atom stereocenters. The fraction of sp³-hybridized carbons (Fsp3) is 0.917. The minimum absolute atomic E-state index is 0.181. The van der Waals surface area contributed by atoms with Gasteiger partial charge in [0.25, 0.3) is 0 Å². The predicted molar refractivity (Wildman–Crippen MR) is 62.3 cm³/mol. The van der Waals surface area contributed by atoms with E-state index in [9.17, 15) is 4.79 Å². The largest absolute Gasteiger partial charge is 0.335 e. The highest BCUT2D eigenvalue weighted by molar-refractivity contribution is 5.75. The summed E-state index contributed by atoms with van der Waals surface area (Å²) in [6.07, 6.45) is 7.39. The molecule has 2 aliphatic heterocycles. The summed E-state index contributed by atoms with van der Waals surface area (Å²) < 4.78 is 0. The van der Waals surface area contributed by atoms with Crippen LogP contribution >= 0.6 is 0 Å². The second kappa shape index (κ2) is 4.24. The number of hydrogen-bond acceptors (Lipinski definition) is 2. The Bertz CT molecular complexity index is 275. The van der Waals surface area contributed by atoms with Crippen LogP contribution in [0.4, 0.5) is 4.79 Å². The van der Waals surface area contributed by atoms with Gasteiger partial charge in [-0.1, -0.05) is 19.3 Å². The van der Waals surface area contributed by atoms with Crippen molar-refractivity contribution >= 4 is 6.03 Å². The minimum atomic E-state index is 0.181. The van der Waals surface area contributed by atoms with Crippen LogP contribution in [0.5, 0.6) is 0 Å². The number of piperazine rings is 1. The van der Waals surface area contributed by atoms with Crippen LogP contribution in [0, 0.1) is 0 Å². The quantitative estimate of drug-likeness (QED) is 0.698. The number of amides is 2. The molecule has 2 N–H and O–H groups in total. The lowest BCUT2D eigenvalue weighted by atomic mass is 9.96. The molecule has 1 aliphatic carbocycles. The molecule has 0 spiro atoms. The van der Waals surface area contributed by atoms with Gasteiger partial charge in [0.15, 0.2) is 0 Å². The van der Waals surface area contributed by atoms with Gasteiger partial charge in [-0.2, -0.15) is 0 Å². The first-order valence-electron chi connectivity index (χ1n) is 6.63. The van der Waals surface area contributed by atoms with Gasteiger partial charge in [-0.15, -0.1) is 0 Å². The Labute approximate surface area is 96.8 Å². The number of fused-ring (bicyclic) bond motifs is 2. The molecule has 0 aromatic carbocycles. The highest BCUT2D eigenvalue weighted by Gasteiger charge is 2.40. The average Bonchev–Trinajstić information content (AvgIpc) is 2.92. The third-order valence-electron chi connectivity index (χ3n) is 4.25. The van der Waals surface area contributed by atoms with Crippen LogP contribution in [-0.2, 0) is 0 Å². The number of nitrogens with one attached hydrogen (secondary N) is 2. The van der Waals surface area contributed by atoms with E-state index in [0.29, 0.717) is 18.1 Å². The van der Waals surface area contributed by atoms with E-state index in [2.05, 4.69) is 10.6 Å². The molecule has 0 aromatic heterocycles. The SMILES string of the molecule is O=C(NC1CCCCC1)N1CC2CC1CN2. The Hall–Kier alpha value is -0.770. The van der Waals surface area contributed by atoms with Crippen LogP contribution in [-0.4, -0.2) is 42.1 Å². The maximum Gasteiger partial charge on any atom is 0.317 e. The van der Waals surface area contributed by atoms with Crippen LogP contribution in [0.15, 0.2) is 0 Å². The van der Waals surface area contributed by atoms with E-state index in [1.54, 1.807) is 0 Å². The molecule has 3 aliphatic rings. The first-order chi connectivity index (χ1) is 7.83. The van der Waals surface area contributed by atoms with E-state index < -0.39 is 0 Å². The van der Waals surface area contributed by atoms with E-state index in [4.69, 9.17) is 0 Å². The number of likely N-dealkylation sites (tertiary alicyclic amines) is 1. The third-order valence-corrected chi connectivity index (χ3v) is 4.25. The van der Waals surface area contributed by atoms with Gasteiger partial charge in [-0.25, -0.2) is 4.79 Å². The van der Waals surface area contributed by atoms with Crippen molar-refractivity contribution < 1.29 is 4.79 Å². The predicted octanol–water partition coefficient (Wildman–Crippen LogP) is 1.07. The first kappa shape index (κ1) is 10.4. The molecule has 0 radical (unpaired) electrons. The zero-order chi connectivity index (χ0) is 11.0. The molecule has 90 valence electrons. The Kier molecular flexibility index (Phi) is 2.75. The van der Waals surface area contributed by atoms with Gasteiger partial charge in [-0.05, 0) is 19.3 Å². The molecule has 4 heteroatoms. The highest BCUT2D eigenvalue weighted by atomic mass is 16.2.